The summed E-state index contributed by atoms with van der Waals surface area (Å²) >= 11 is 0. The number of hydrogen-bond donors (Lipinski definition) is 1. The molecule has 2 aromatic carbocycles. The zero-order chi connectivity index (χ0) is 31.0. The number of Topliss-reactive ketones (excluding diaryl/α,β-unsaturated/α-hetero) is 1. The summed E-state index contributed by atoms with van der Waals surface area (Å²) in [6.45, 7) is 7.24. The lowest BCUT2D eigenvalue weighted by Crippen LogP contribution is -2.29. The molecule has 0 spiro atoms. The summed E-state index contributed by atoms with van der Waals surface area (Å²) in [5.74, 6) is -1.35. The molecule has 0 heterocycles. The van der Waals surface area contributed by atoms with E-state index in [1.54, 1.807) is 6.92 Å². The van der Waals surface area contributed by atoms with Crippen molar-refractivity contribution in [3.8, 4) is 0 Å². The highest BCUT2D eigenvalue weighted by Crippen LogP contribution is 2.12. The molecule has 0 unspecified atom stereocenters. The van der Waals surface area contributed by atoms with Crippen LogP contribution in [0.25, 0.3) is 0 Å². The minimum absolute atomic E-state index is 0.0115. The highest BCUT2D eigenvalue weighted by Gasteiger charge is 2.16. The van der Waals surface area contributed by atoms with Gasteiger partial charge in [-0.05, 0) is 54.7 Å². The van der Waals surface area contributed by atoms with E-state index in [0.29, 0.717) is 39.6 Å². The van der Waals surface area contributed by atoms with E-state index in [2.05, 4.69) is 36.7 Å². The summed E-state index contributed by atoms with van der Waals surface area (Å²) in [7, 11) is 0. The molecule has 0 radical (unpaired) electrons. The van der Waals surface area contributed by atoms with Crippen LogP contribution in [0.4, 0.5) is 0 Å². The average Bonchev–Trinajstić information content (AvgIpc) is 3.00. The molecular formula is C34H49NO8. The highest BCUT2D eigenvalue weighted by molar-refractivity contribution is 5.81. The van der Waals surface area contributed by atoms with Crippen LogP contribution in [0, 0.1) is 5.92 Å². The van der Waals surface area contributed by atoms with Gasteiger partial charge in [-0.2, -0.15) is 5.48 Å². The Kier molecular flexibility index (Phi) is 19.6. The van der Waals surface area contributed by atoms with Gasteiger partial charge in [-0.25, -0.2) is 4.79 Å². The summed E-state index contributed by atoms with van der Waals surface area (Å²) in [6.07, 6.45) is 5.58. The number of carbonyl (C=O) groups excluding carboxylic acids is 3. The zero-order valence-corrected chi connectivity index (χ0v) is 25.9. The Hall–Kier alpha value is -3.11. The first-order valence-electron chi connectivity index (χ1n) is 15.4. The van der Waals surface area contributed by atoms with Crippen LogP contribution in [-0.2, 0) is 57.4 Å². The van der Waals surface area contributed by atoms with Gasteiger partial charge in [0.2, 0.25) is 0 Å². The lowest BCUT2D eigenvalue weighted by Gasteiger charge is -2.11. The molecule has 1 amide bonds. The van der Waals surface area contributed by atoms with Gasteiger partial charge in [0.25, 0.3) is 5.91 Å². The first-order chi connectivity index (χ1) is 21.0. The highest BCUT2D eigenvalue weighted by atomic mass is 16.7. The standard InChI is InChI=1S/C34H49NO8/c1-3-17-39-18-19-40-20-21-41-22-23-42-27-32(36)24-28(2)25-34(38)43-35-33(37)26-31-15-13-30(14-16-31)12-8-7-11-29-9-5-4-6-10-29/h4-6,9-10,13-16,28H,3,7-8,11-12,17-27H2,1-2H3,(H,35,37)/t28-/m1/s1. The third-order valence-corrected chi connectivity index (χ3v) is 6.51. The molecule has 9 nitrogen and oxygen atoms in total. The van der Waals surface area contributed by atoms with Crippen molar-refractivity contribution in [2.75, 3.05) is 52.9 Å². The second-order valence-electron chi connectivity index (χ2n) is 10.6. The fourth-order valence-electron chi connectivity index (χ4n) is 4.30. The summed E-state index contributed by atoms with van der Waals surface area (Å²) in [4.78, 5) is 41.4. The van der Waals surface area contributed by atoms with E-state index in [1.807, 2.05) is 30.3 Å². The van der Waals surface area contributed by atoms with Crippen molar-refractivity contribution in [2.45, 2.75) is 65.2 Å². The molecule has 0 fully saturated rings. The van der Waals surface area contributed by atoms with Crippen LogP contribution in [0.5, 0.6) is 0 Å². The van der Waals surface area contributed by atoms with Crippen LogP contribution in [0.2, 0.25) is 0 Å². The molecule has 0 saturated carbocycles. The first-order valence-corrected chi connectivity index (χ1v) is 15.4. The van der Waals surface area contributed by atoms with E-state index >= 15 is 0 Å². The maximum Gasteiger partial charge on any atom is 0.332 e. The first kappa shape index (κ1) is 36.1. The van der Waals surface area contributed by atoms with Crippen LogP contribution in [0.3, 0.4) is 0 Å². The van der Waals surface area contributed by atoms with E-state index < -0.39 is 11.9 Å². The second-order valence-corrected chi connectivity index (χ2v) is 10.6. The van der Waals surface area contributed by atoms with Crippen molar-refractivity contribution in [2.24, 2.45) is 5.92 Å². The third-order valence-electron chi connectivity index (χ3n) is 6.51. The van der Waals surface area contributed by atoms with Gasteiger partial charge in [0.1, 0.15) is 6.61 Å². The minimum Gasteiger partial charge on any atom is -0.379 e. The fraction of sp³-hybridized carbons (Fsp3) is 0.559. The normalized spacial score (nSPS) is 11.7. The van der Waals surface area contributed by atoms with E-state index in [1.165, 1.54) is 11.1 Å². The van der Waals surface area contributed by atoms with Gasteiger partial charge < -0.3 is 23.8 Å². The zero-order valence-electron chi connectivity index (χ0n) is 25.9. The number of unbranched alkanes of at least 4 members (excludes halogenated alkanes) is 1. The largest absolute Gasteiger partial charge is 0.379 e. The van der Waals surface area contributed by atoms with Gasteiger partial charge in [-0.1, -0.05) is 68.4 Å². The summed E-state index contributed by atoms with van der Waals surface area (Å²) < 4.78 is 21.4. The van der Waals surface area contributed by atoms with Crippen molar-refractivity contribution in [1.82, 2.24) is 5.48 Å². The predicted molar refractivity (Wildman–Crippen MR) is 164 cm³/mol. The quantitative estimate of drug-likeness (QED) is 0.135. The molecule has 0 aliphatic heterocycles. The van der Waals surface area contributed by atoms with Crippen molar-refractivity contribution >= 4 is 17.7 Å². The number of ether oxygens (including phenoxy) is 4. The summed E-state index contributed by atoms with van der Waals surface area (Å²) in [5.41, 5.74) is 5.64. The molecule has 0 aromatic heterocycles. The number of amides is 1. The van der Waals surface area contributed by atoms with Crippen LogP contribution in [0.1, 0.15) is 62.6 Å². The Bertz CT molecular complexity index is 1030. The van der Waals surface area contributed by atoms with Crippen LogP contribution < -0.4 is 5.48 Å². The molecule has 0 saturated heterocycles. The van der Waals surface area contributed by atoms with E-state index in [9.17, 15) is 14.4 Å². The maximum absolute atomic E-state index is 12.2. The van der Waals surface area contributed by atoms with E-state index in [4.69, 9.17) is 23.8 Å². The number of hydroxylamine groups is 1. The molecule has 1 N–H and O–H groups in total. The second kappa shape index (κ2) is 23.4. The van der Waals surface area contributed by atoms with E-state index in [-0.39, 0.29) is 37.6 Å². The number of carbonyl (C=O) groups is 3. The lowest BCUT2D eigenvalue weighted by atomic mass is 10.0. The van der Waals surface area contributed by atoms with Crippen LogP contribution in [-0.4, -0.2) is 70.5 Å². The smallest absolute Gasteiger partial charge is 0.332 e. The van der Waals surface area contributed by atoms with Gasteiger partial charge in [-0.3, -0.25) is 9.59 Å². The molecule has 43 heavy (non-hydrogen) atoms. The van der Waals surface area contributed by atoms with Crippen LogP contribution in [0.15, 0.2) is 54.6 Å². The number of nitrogens with one attached hydrogen (secondary N) is 1. The number of rotatable bonds is 24. The van der Waals surface area contributed by atoms with Gasteiger partial charge in [0.15, 0.2) is 5.78 Å². The Labute approximate surface area is 256 Å². The number of hydrogen-bond acceptors (Lipinski definition) is 8. The number of ketones is 1. The van der Waals surface area contributed by atoms with Crippen LogP contribution >= 0.6 is 0 Å². The van der Waals surface area contributed by atoms with Gasteiger partial charge in [0.05, 0.1) is 52.5 Å². The minimum atomic E-state index is -0.590. The lowest BCUT2D eigenvalue weighted by molar-refractivity contribution is -0.159. The Morgan fingerprint density at radius 3 is 1.81 bits per heavy atom. The van der Waals surface area contributed by atoms with Crippen molar-refractivity contribution in [1.29, 1.82) is 0 Å². The monoisotopic (exact) mass is 599 g/mol. The topological polar surface area (TPSA) is 109 Å². The van der Waals surface area contributed by atoms with Crippen molar-refractivity contribution in [3.63, 3.8) is 0 Å². The molecule has 2 rings (SSSR count). The molecule has 238 valence electrons. The number of aryl methyl sites for hydroxylation is 2. The molecule has 2 aromatic rings. The number of benzene rings is 2. The maximum atomic E-state index is 12.2. The summed E-state index contributed by atoms with van der Waals surface area (Å²) in [5, 5.41) is 0. The molecule has 0 aliphatic rings. The van der Waals surface area contributed by atoms with Crippen molar-refractivity contribution < 1.29 is 38.2 Å². The predicted octanol–water partition coefficient (Wildman–Crippen LogP) is 4.83. The van der Waals surface area contributed by atoms with Gasteiger partial charge >= 0.3 is 5.97 Å². The SMILES string of the molecule is CCCOCCOCCOCCOCC(=O)C[C@@H](C)CC(=O)ONC(=O)Cc1ccc(CCCCc2ccccc2)cc1. The van der Waals surface area contributed by atoms with Gasteiger partial charge in [-0.15, -0.1) is 0 Å². The fourth-order valence-corrected chi connectivity index (χ4v) is 4.30. The molecule has 0 bridgehead atoms. The Morgan fingerprint density at radius 2 is 1.21 bits per heavy atom. The van der Waals surface area contributed by atoms with Crippen molar-refractivity contribution in [3.05, 3.63) is 71.3 Å². The Morgan fingerprint density at radius 1 is 0.674 bits per heavy atom. The summed E-state index contributed by atoms with van der Waals surface area (Å²) in [6, 6.07) is 18.4. The molecular weight excluding hydrogens is 550 g/mol. The molecule has 9 heteroatoms. The third kappa shape index (κ3) is 18.9. The van der Waals surface area contributed by atoms with E-state index in [0.717, 1.165) is 44.3 Å². The average molecular weight is 600 g/mol. The Balaban J connectivity index is 1.47. The molecule has 0 aliphatic carbocycles. The van der Waals surface area contributed by atoms with Gasteiger partial charge in [0, 0.05) is 13.0 Å². The molecule has 1 atom stereocenters.